The van der Waals surface area contributed by atoms with Crippen LogP contribution in [0.1, 0.15) is 25.8 Å². The summed E-state index contributed by atoms with van der Waals surface area (Å²) in [6.45, 7) is 4.77. The fourth-order valence-electron chi connectivity index (χ4n) is 1.48. The number of nitrogens with zero attached hydrogens (tertiary/aromatic N) is 1. The van der Waals surface area contributed by atoms with Crippen molar-refractivity contribution in [2.45, 2.75) is 31.9 Å². The van der Waals surface area contributed by atoms with E-state index in [2.05, 4.69) is 26.0 Å². The van der Waals surface area contributed by atoms with Gasteiger partial charge in [-0.1, -0.05) is 55.6 Å². The van der Waals surface area contributed by atoms with Crippen LogP contribution in [0.2, 0.25) is 0 Å². The Morgan fingerprint density at radius 1 is 1.45 bits per heavy atom. The van der Waals surface area contributed by atoms with Crippen molar-refractivity contribution < 1.29 is 9.32 Å². The second-order valence-electron chi connectivity index (χ2n) is 4.54. The summed E-state index contributed by atoms with van der Waals surface area (Å²) in [5, 5.41) is 0.389. The second kappa shape index (κ2) is 8.83. The number of carbonyl (C=O) groups excluding carboxylic acids is 1. The minimum atomic E-state index is -2.30. The molecule has 0 radical (unpaired) electrons. The first kappa shape index (κ1) is 17.7. The lowest BCUT2D eigenvalue weighted by molar-refractivity contribution is -0.113. The van der Waals surface area contributed by atoms with E-state index in [0.29, 0.717) is 11.9 Å². The fraction of sp³-hybridized carbons (Fsp3) is 0.500. The van der Waals surface area contributed by atoms with E-state index in [9.17, 15) is 4.79 Å². The molecule has 0 spiro atoms. The third-order valence-corrected chi connectivity index (χ3v) is 10.1. The van der Waals surface area contributed by atoms with E-state index in [1.165, 1.54) is 10.2 Å². The monoisotopic (exact) mass is 331 g/mol. The Labute approximate surface area is 131 Å². The van der Waals surface area contributed by atoms with Crippen LogP contribution >= 0.6 is 17.0 Å². The van der Waals surface area contributed by atoms with Crippen molar-refractivity contribution in [1.29, 1.82) is 0 Å². The van der Waals surface area contributed by atoms with Crippen molar-refractivity contribution >= 4 is 35.2 Å². The van der Waals surface area contributed by atoms with Gasteiger partial charge in [0.25, 0.3) is 0 Å². The lowest BCUT2D eigenvalue weighted by atomic mass is 10.2. The van der Waals surface area contributed by atoms with Crippen molar-refractivity contribution in [3.8, 4) is 0 Å². The van der Waals surface area contributed by atoms with Gasteiger partial charge in [0.1, 0.15) is 0 Å². The summed E-state index contributed by atoms with van der Waals surface area (Å²) in [5.41, 5.74) is -1.09. The highest BCUT2D eigenvalue weighted by atomic mass is 32.9. The second-order valence-corrected chi connectivity index (χ2v) is 11.7. The van der Waals surface area contributed by atoms with Gasteiger partial charge >= 0.3 is 0 Å². The zero-order valence-corrected chi connectivity index (χ0v) is 14.7. The van der Waals surface area contributed by atoms with Gasteiger partial charge in [0.05, 0.1) is 6.61 Å². The van der Waals surface area contributed by atoms with E-state index in [1.54, 1.807) is 18.4 Å². The van der Waals surface area contributed by atoms with Crippen molar-refractivity contribution in [2.24, 2.45) is 0 Å². The van der Waals surface area contributed by atoms with Crippen LogP contribution in [0, 0.1) is 0 Å². The predicted octanol–water partition coefficient (Wildman–Crippen LogP) is 4.09. The molecule has 0 aliphatic rings. The van der Waals surface area contributed by atoms with Gasteiger partial charge in [-0.15, -0.1) is 0 Å². The molecule has 1 aromatic carbocycles. The third-order valence-electron chi connectivity index (χ3n) is 2.91. The Hall–Kier alpha value is -0.350. The summed E-state index contributed by atoms with van der Waals surface area (Å²) in [4.78, 5) is 11.0. The highest BCUT2D eigenvalue weighted by molar-refractivity contribution is 8.68. The Bertz CT molecular complexity index is 456. The lowest BCUT2D eigenvalue weighted by Gasteiger charge is -2.29. The number of amides is 1. The smallest absolute Gasteiger partial charge is 0.215 e. The standard InChI is InChI=1S/C14H22NO2PS2/c1-4-13(2)20-18(19,15(3)12-16)17-11-10-14-8-6-5-7-9-14/h5-9,12-13H,4,10-11H2,1-3H3. The molecule has 0 heterocycles. The molecule has 20 heavy (non-hydrogen) atoms. The lowest BCUT2D eigenvalue weighted by Crippen LogP contribution is -2.15. The molecule has 2 atom stereocenters. The van der Waals surface area contributed by atoms with Gasteiger partial charge in [-0.25, -0.2) is 0 Å². The first-order valence-corrected chi connectivity index (χ1v) is 10.8. The van der Waals surface area contributed by atoms with Crippen LogP contribution in [-0.2, 0) is 27.5 Å². The third kappa shape index (κ3) is 5.57. The van der Waals surface area contributed by atoms with Crippen LogP contribution in [0.5, 0.6) is 0 Å². The van der Waals surface area contributed by atoms with Gasteiger partial charge in [-0.2, -0.15) is 0 Å². The van der Waals surface area contributed by atoms with E-state index >= 15 is 0 Å². The van der Waals surface area contributed by atoms with Crippen molar-refractivity contribution in [2.75, 3.05) is 13.7 Å². The summed E-state index contributed by atoms with van der Waals surface area (Å²) in [6, 6.07) is 10.2. The quantitative estimate of drug-likeness (QED) is 0.503. The Balaban J connectivity index is 2.61. The summed E-state index contributed by atoms with van der Waals surface area (Å²) in [6.07, 6.45) is 2.60. The Kier molecular flexibility index (Phi) is 7.82. The molecule has 0 saturated carbocycles. The van der Waals surface area contributed by atoms with Crippen molar-refractivity contribution in [3.05, 3.63) is 35.9 Å². The number of rotatable bonds is 9. The van der Waals surface area contributed by atoms with Crippen LogP contribution in [0.25, 0.3) is 0 Å². The molecule has 112 valence electrons. The molecular formula is C14H22NO2PS2. The van der Waals surface area contributed by atoms with Gasteiger partial charge in [0.15, 0.2) is 0 Å². The molecule has 1 rings (SSSR count). The molecule has 0 aliphatic heterocycles. The predicted molar refractivity (Wildman–Crippen MR) is 91.6 cm³/mol. The van der Waals surface area contributed by atoms with E-state index in [-0.39, 0.29) is 0 Å². The van der Waals surface area contributed by atoms with Crippen LogP contribution in [0.15, 0.2) is 30.3 Å². The topological polar surface area (TPSA) is 29.5 Å². The van der Waals surface area contributed by atoms with Crippen LogP contribution in [0.3, 0.4) is 0 Å². The van der Waals surface area contributed by atoms with E-state index < -0.39 is 5.62 Å². The van der Waals surface area contributed by atoms with Gasteiger partial charge in [-0.05, 0) is 30.2 Å². The number of carbonyl (C=O) groups is 1. The number of benzene rings is 1. The highest BCUT2D eigenvalue weighted by Crippen LogP contribution is 2.63. The van der Waals surface area contributed by atoms with Crippen LogP contribution in [0.4, 0.5) is 0 Å². The molecule has 0 aromatic heterocycles. The maximum atomic E-state index is 11.0. The normalized spacial score (nSPS) is 15.3. The van der Waals surface area contributed by atoms with E-state index in [1.807, 2.05) is 18.2 Å². The molecule has 6 heteroatoms. The van der Waals surface area contributed by atoms with Crippen molar-refractivity contribution in [3.63, 3.8) is 0 Å². The van der Waals surface area contributed by atoms with Crippen LogP contribution in [-0.4, -0.2) is 30.0 Å². The summed E-state index contributed by atoms with van der Waals surface area (Å²) < 4.78 is 7.47. The molecule has 2 unspecified atom stereocenters. The van der Waals surface area contributed by atoms with Gasteiger partial charge < -0.3 is 4.52 Å². The average Bonchev–Trinajstić information content (AvgIpc) is 2.47. The summed E-state index contributed by atoms with van der Waals surface area (Å²) >= 11 is 7.24. The van der Waals surface area contributed by atoms with E-state index in [4.69, 9.17) is 16.3 Å². The van der Waals surface area contributed by atoms with Gasteiger partial charge in [0, 0.05) is 12.3 Å². The highest BCUT2D eigenvalue weighted by Gasteiger charge is 2.26. The van der Waals surface area contributed by atoms with Gasteiger partial charge in [-0.3, -0.25) is 9.46 Å². The SMILES string of the molecule is CCC(C)SP(=S)(OCCc1ccccc1)N(C)C=O. The molecule has 0 saturated heterocycles. The summed E-state index contributed by atoms with van der Waals surface area (Å²) in [7, 11) is 1.71. The first-order valence-electron chi connectivity index (χ1n) is 6.67. The number of hydrogen-bond donors (Lipinski definition) is 0. The molecule has 0 bridgehead atoms. The molecule has 0 N–H and O–H groups in total. The fourth-order valence-corrected chi connectivity index (χ4v) is 7.35. The Morgan fingerprint density at radius 2 is 2.10 bits per heavy atom. The molecule has 0 aliphatic carbocycles. The summed E-state index contributed by atoms with van der Waals surface area (Å²) in [5.74, 6) is 0. The van der Waals surface area contributed by atoms with Crippen molar-refractivity contribution in [1.82, 2.24) is 4.67 Å². The minimum Gasteiger partial charge on any atom is -0.326 e. The largest absolute Gasteiger partial charge is 0.326 e. The zero-order chi connectivity index (χ0) is 15.0. The zero-order valence-electron chi connectivity index (χ0n) is 12.2. The molecule has 1 aromatic rings. The van der Waals surface area contributed by atoms with E-state index in [0.717, 1.165) is 19.3 Å². The molecular weight excluding hydrogens is 309 g/mol. The average molecular weight is 331 g/mol. The molecule has 3 nitrogen and oxygen atoms in total. The first-order chi connectivity index (χ1) is 9.51. The Morgan fingerprint density at radius 3 is 2.65 bits per heavy atom. The minimum absolute atomic E-state index is 0.389. The van der Waals surface area contributed by atoms with Gasteiger partial charge in [0.2, 0.25) is 12.0 Å². The maximum absolute atomic E-state index is 11.0. The van der Waals surface area contributed by atoms with Crippen LogP contribution < -0.4 is 0 Å². The number of hydrogen-bond acceptors (Lipinski definition) is 4. The maximum Gasteiger partial charge on any atom is 0.215 e. The molecule has 1 amide bonds. The molecule has 0 fully saturated rings.